The van der Waals surface area contributed by atoms with E-state index in [1.54, 1.807) is 38.1 Å². The highest BCUT2D eigenvalue weighted by molar-refractivity contribution is 6.39. The standard InChI is InChI=1S/C15H13Cl2N3O2/c1-7-8(2)15(22)20(14(7)21)19-12-6-11(17)9-4-3-5-10(16)13(9)18-12/h3-8H,1-2H3,(H,18,19). The number of imide groups is 1. The summed E-state index contributed by atoms with van der Waals surface area (Å²) in [5.74, 6) is -0.989. The van der Waals surface area contributed by atoms with E-state index in [9.17, 15) is 9.59 Å². The lowest BCUT2D eigenvalue weighted by Crippen LogP contribution is -2.36. The Morgan fingerprint density at radius 3 is 2.36 bits per heavy atom. The zero-order valence-electron chi connectivity index (χ0n) is 11.9. The van der Waals surface area contributed by atoms with Crippen LogP contribution in [0.5, 0.6) is 0 Å². The van der Waals surface area contributed by atoms with Crippen molar-refractivity contribution in [3.05, 3.63) is 34.3 Å². The van der Waals surface area contributed by atoms with Crippen LogP contribution in [0.25, 0.3) is 10.9 Å². The maximum atomic E-state index is 12.1. The summed E-state index contributed by atoms with van der Waals surface area (Å²) in [7, 11) is 0. The Morgan fingerprint density at radius 2 is 1.73 bits per heavy atom. The third-order valence-corrected chi connectivity index (χ3v) is 4.55. The molecule has 0 bridgehead atoms. The highest BCUT2D eigenvalue weighted by atomic mass is 35.5. The van der Waals surface area contributed by atoms with Crippen LogP contribution in [0.15, 0.2) is 24.3 Å². The number of anilines is 1. The van der Waals surface area contributed by atoms with Gasteiger partial charge in [0.25, 0.3) is 11.8 Å². The van der Waals surface area contributed by atoms with Gasteiger partial charge in [0.15, 0.2) is 0 Å². The number of hydrogen-bond donors (Lipinski definition) is 1. The van der Waals surface area contributed by atoms with Gasteiger partial charge in [0.1, 0.15) is 5.82 Å². The summed E-state index contributed by atoms with van der Waals surface area (Å²) < 4.78 is 0. The molecule has 0 saturated carbocycles. The smallest absolute Gasteiger partial charge is 0.251 e. The van der Waals surface area contributed by atoms with Crippen LogP contribution in [0.3, 0.4) is 0 Å². The van der Waals surface area contributed by atoms with Gasteiger partial charge >= 0.3 is 0 Å². The first-order valence-corrected chi connectivity index (χ1v) is 7.55. The maximum Gasteiger partial charge on any atom is 0.251 e. The summed E-state index contributed by atoms with van der Waals surface area (Å²) in [5, 5.41) is 2.59. The minimum atomic E-state index is -0.362. The molecule has 2 aromatic rings. The summed E-state index contributed by atoms with van der Waals surface area (Å²) in [4.78, 5) is 28.5. The zero-order valence-corrected chi connectivity index (χ0v) is 13.4. The Hall–Kier alpha value is -1.85. The summed E-state index contributed by atoms with van der Waals surface area (Å²) in [6, 6.07) is 6.85. The molecule has 0 spiro atoms. The zero-order chi connectivity index (χ0) is 16.0. The Kier molecular flexibility index (Phi) is 3.70. The number of carbonyl (C=O) groups excluding carboxylic acids is 2. The minimum Gasteiger partial charge on any atom is -0.272 e. The van der Waals surface area contributed by atoms with Gasteiger partial charge in [0, 0.05) is 23.3 Å². The maximum absolute atomic E-state index is 12.1. The number of benzene rings is 1. The van der Waals surface area contributed by atoms with E-state index >= 15 is 0 Å². The van der Waals surface area contributed by atoms with Crippen molar-refractivity contribution >= 4 is 51.7 Å². The monoisotopic (exact) mass is 337 g/mol. The molecule has 2 atom stereocenters. The topological polar surface area (TPSA) is 62.3 Å². The van der Waals surface area contributed by atoms with Crippen molar-refractivity contribution in [3.63, 3.8) is 0 Å². The molecule has 2 amide bonds. The molecule has 1 fully saturated rings. The predicted molar refractivity (Wildman–Crippen MR) is 85.6 cm³/mol. The molecule has 1 aromatic heterocycles. The van der Waals surface area contributed by atoms with Crippen molar-refractivity contribution < 1.29 is 9.59 Å². The predicted octanol–water partition coefficient (Wildman–Crippen LogP) is 3.51. The molecule has 1 aromatic carbocycles. The summed E-state index contributed by atoms with van der Waals surface area (Å²) in [6.45, 7) is 3.45. The first kappa shape index (κ1) is 15.1. The van der Waals surface area contributed by atoms with Crippen LogP contribution in [0.1, 0.15) is 13.8 Å². The number of carbonyl (C=O) groups is 2. The molecule has 5 nitrogen and oxygen atoms in total. The number of rotatable bonds is 2. The molecule has 1 aliphatic heterocycles. The molecule has 2 heterocycles. The van der Waals surface area contributed by atoms with Crippen molar-refractivity contribution in [2.75, 3.05) is 5.43 Å². The van der Waals surface area contributed by atoms with E-state index in [-0.39, 0.29) is 23.7 Å². The van der Waals surface area contributed by atoms with Gasteiger partial charge in [0.05, 0.1) is 15.6 Å². The van der Waals surface area contributed by atoms with Crippen molar-refractivity contribution in [1.29, 1.82) is 0 Å². The van der Waals surface area contributed by atoms with Gasteiger partial charge < -0.3 is 0 Å². The SMILES string of the molecule is CC1C(=O)N(Nc2cc(Cl)c3cccc(Cl)c3n2)C(=O)C1C. The third-order valence-electron chi connectivity index (χ3n) is 3.94. The van der Waals surface area contributed by atoms with Gasteiger partial charge in [-0.15, -0.1) is 0 Å². The number of nitrogens with zero attached hydrogens (tertiary/aromatic N) is 2. The summed E-state index contributed by atoms with van der Waals surface area (Å²) >= 11 is 12.3. The number of aromatic nitrogens is 1. The fourth-order valence-electron chi connectivity index (χ4n) is 2.40. The number of halogens is 2. The van der Waals surface area contributed by atoms with Crippen LogP contribution >= 0.6 is 23.2 Å². The first-order chi connectivity index (χ1) is 10.4. The normalized spacial score (nSPS) is 21.7. The van der Waals surface area contributed by atoms with Gasteiger partial charge in [-0.1, -0.05) is 49.2 Å². The summed E-state index contributed by atoms with van der Waals surface area (Å²) in [6.07, 6.45) is 0. The molecule has 22 heavy (non-hydrogen) atoms. The third kappa shape index (κ3) is 2.30. The van der Waals surface area contributed by atoms with Gasteiger partial charge in [-0.05, 0) is 6.07 Å². The Bertz CT molecular complexity index is 774. The first-order valence-electron chi connectivity index (χ1n) is 6.79. The quantitative estimate of drug-likeness (QED) is 0.851. The molecule has 0 aliphatic carbocycles. The average molecular weight is 338 g/mol. The minimum absolute atomic E-state index is 0.283. The number of fused-ring (bicyclic) bond motifs is 1. The van der Waals surface area contributed by atoms with E-state index in [0.29, 0.717) is 26.8 Å². The van der Waals surface area contributed by atoms with E-state index < -0.39 is 0 Å². The average Bonchev–Trinajstić information content (AvgIpc) is 2.66. The highest BCUT2D eigenvalue weighted by Gasteiger charge is 2.42. The van der Waals surface area contributed by atoms with Crippen LogP contribution in [0.4, 0.5) is 5.82 Å². The molecule has 7 heteroatoms. The van der Waals surface area contributed by atoms with Crippen LogP contribution in [0.2, 0.25) is 10.0 Å². The van der Waals surface area contributed by atoms with Gasteiger partial charge in [0.2, 0.25) is 0 Å². The van der Waals surface area contributed by atoms with Crippen LogP contribution in [0, 0.1) is 11.8 Å². The largest absolute Gasteiger partial charge is 0.272 e. The fourth-order valence-corrected chi connectivity index (χ4v) is 2.87. The van der Waals surface area contributed by atoms with Crippen molar-refractivity contribution in [1.82, 2.24) is 9.99 Å². The number of amides is 2. The molecule has 1 saturated heterocycles. The second-order valence-electron chi connectivity index (χ2n) is 5.33. The number of para-hydroxylation sites is 1. The molecule has 3 rings (SSSR count). The lowest BCUT2D eigenvalue weighted by atomic mass is 10.00. The van der Waals surface area contributed by atoms with Crippen molar-refractivity contribution in [2.24, 2.45) is 11.8 Å². The van der Waals surface area contributed by atoms with E-state index in [1.165, 1.54) is 0 Å². The van der Waals surface area contributed by atoms with E-state index in [4.69, 9.17) is 23.2 Å². The number of pyridine rings is 1. The van der Waals surface area contributed by atoms with E-state index in [0.717, 1.165) is 5.01 Å². The van der Waals surface area contributed by atoms with Crippen LogP contribution < -0.4 is 5.43 Å². The molecular weight excluding hydrogens is 325 g/mol. The molecule has 0 radical (unpaired) electrons. The van der Waals surface area contributed by atoms with Crippen LogP contribution in [-0.2, 0) is 9.59 Å². The fraction of sp³-hybridized carbons (Fsp3) is 0.267. The number of hydrogen-bond acceptors (Lipinski definition) is 4. The molecule has 1 aliphatic rings. The second kappa shape index (κ2) is 5.41. The Balaban J connectivity index is 2.00. The highest BCUT2D eigenvalue weighted by Crippen LogP contribution is 2.31. The number of hydrazine groups is 1. The molecule has 114 valence electrons. The summed E-state index contributed by atoms with van der Waals surface area (Å²) in [5.41, 5.74) is 3.25. The lowest BCUT2D eigenvalue weighted by molar-refractivity contribution is -0.138. The van der Waals surface area contributed by atoms with Crippen molar-refractivity contribution in [3.8, 4) is 0 Å². The Labute approximate surface area is 137 Å². The van der Waals surface area contributed by atoms with E-state index in [2.05, 4.69) is 10.4 Å². The molecule has 2 unspecified atom stereocenters. The molecular formula is C15H13Cl2N3O2. The van der Waals surface area contributed by atoms with Gasteiger partial charge in [-0.25, -0.2) is 4.98 Å². The number of nitrogens with one attached hydrogen (secondary N) is 1. The molecule has 1 N–H and O–H groups in total. The Morgan fingerprint density at radius 1 is 1.09 bits per heavy atom. The van der Waals surface area contributed by atoms with Crippen molar-refractivity contribution in [2.45, 2.75) is 13.8 Å². The lowest BCUT2D eigenvalue weighted by Gasteiger charge is -2.17. The van der Waals surface area contributed by atoms with Gasteiger partial charge in [-0.3, -0.25) is 15.0 Å². The second-order valence-corrected chi connectivity index (χ2v) is 6.14. The van der Waals surface area contributed by atoms with Crippen LogP contribution in [-0.4, -0.2) is 21.8 Å². The van der Waals surface area contributed by atoms with E-state index in [1.807, 2.05) is 0 Å². The van der Waals surface area contributed by atoms with Gasteiger partial charge in [-0.2, -0.15) is 5.01 Å².